The van der Waals surface area contributed by atoms with Crippen LogP contribution in [0.25, 0.3) is 10.9 Å². The van der Waals surface area contributed by atoms with E-state index in [0.717, 1.165) is 17.5 Å². The van der Waals surface area contributed by atoms with Crippen molar-refractivity contribution in [2.45, 2.75) is 81.6 Å². The molecule has 10 nitrogen and oxygen atoms in total. The average Bonchev–Trinajstić information content (AvgIpc) is 3.74. The molecule has 0 radical (unpaired) electrons. The van der Waals surface area contributed by atoms with Crippen molar-refractivity contribution < 1.29 is 24.2 Å². The van der Waals surface area contributed by atoms with Gasteiger partial charge in [0.05, 0.1) is 5.92 Å². The van der Waals surface area contributed by atoms with E-state index in [1.165, 1.54) is 21.4 Å². The van der Waals surface area contributed by atoms with Crippen molar-refractivity contribution in [2.75, 3.05) is 20.1 Å². The number of rotatable bonds is 5. The molecule has 4 aliphatic heterocycles. The van der Waals surface area contributed by atoms with Gasteiger partial charge in [-0.3, -0.25) is 24.0 Å². The maximum Gasteiger partial charge on any atom is 0.281 e. The number of benzene rings is 2. The highest BCUT2D eigenvalue weighted by molar-refractivity contribution is 5.98. The minimum absolute atomic E-state index is 0.164. The van der Waals surface area contributed by atoms with Gasteiger partial charge in [-0.15, -0.1) is 0 Å². The fourth-order valence-corrected chi connectivity index (χ4v) is 8.99. The highest BCUT2D eigenvalue weighted by atomic mass is 16.7. The number of H-pyrrole nitrogens is 1. The van der Waals surface area contributed by atoms with Gasteiger partial charge in [0.25, 0.3) is 11.8 Å². The Hall–Kier alpha value is -3.73. The summed E-state index contributed by atoms with van der Waals surface area (Å²) in [6, 6.07) is 14.5. The van der Waals surface area contributed by atoms with Gasteiger partial charge in [-0.25, -0.2) is 0 Å². The Balaban J connectivity index is 1.12. The lowest BCUT2D eigenvalue weighted by Gasteiger charge is -2.48. The highest BCUT2D eigenvalue weighted by Gasteiger charge is 2.72. The molecule has 0 bridgehead atoms. The number of ether oxygens (including phenoxy) is 1. The second-order valence-electron chi connectivity index (χ2n) is 14.0. The van der Waals surface area contributed by atoms with Crippen molar-refractivity contribution in [3.63, 3.8) is 0 Å². The topological polar surface area (TPSA) is 118 Å². The van der Waals surface area contributed by atoms with E-state index in [1.807, 2.05) is 44.2 Å². The largest absolute Gasteiger partial charge is 0.361 e. The first-order valence-corrected chi connectivity index (χ1v) is 16.3. The molecule has 8 rings (SSSR count). The number of carbonyl (C=O) groups is 3. The van der Waals surface area contributed by atoms with Crippen LogP contribution in [0.3, 0.4) is 0 Å². The summed E-state index contributed by atoms with van der Waals surface area (Å²) in [5.41, 5.74) is 2.75. The normalized spacial score (nSPS) is 34.3. The lowest BCUT2D eigenvalue weighted by molar-refractivity contribution is -0.321. The Morgan fingerprint density at radius 1 is 1.16 bits per heavy atom. The Morgan fingerprint density at radius 3 is 2.73 bits per heavy atom. The average molecular weight is 612 g/mol. The molecule has 236 valence electrons. The number of aromatic amines is 1. The third kappa shape index (κ3) is 4.08. The highest BCUT2D eigenvalue weighted by Crippen LogP contribution is 2.49. The predicted molar refractivity (Wildman–Crippen MR) is 167 cm³/mol. The van der Waals surface area contributed by atoms with E-state index in [4.69, 9.17) is 4.74 Å². The second kappa shape index (κ2) is 10.1. The SMILES string of the molecule is CC(C)[C@@]1(NC(=O)[C@H]2C[C@H]3c4cccc5[nH]cc(c45)C[C@@H]3N(C)C2)O[C@@]2(O)[C@H]3CCCN3C(=O)[C@H](Cc3ccccc3)N2C1=O. The number of likely N-dealkylation sites (N-methyl/N-ethyl adjacent to an activating group) is 1. The van der Waals surface area contributed by atoms with E-state index in [-0.39, 0.29) is 30.2 Å². The lowest BCUT2D eigenvalue weighted by Crippen LogP contribution is -2.71. The number of aromatic nitrogens is 1. The summed E-state index contributed by atoms with van der Waals surface area (Å²) in [6.45, 7) is 4.68. The first kappa shape index (κ1) is 28.7. The van der Waals surface area contributed by atoms with Gasteiger partial charge in [-0.05, 0) is 55.5 Å². The number of aliphatic hydroxyl groups is 1. The van der Waals surface area contributed by atoms with Gasteiger partial charge in [0.1, 0.15) is 12.1 Å². The molecule has 0 saturated carbocycles. The number of nitrogens with zero attached hydrogens (tertiary/aromatic N) is 3. The van der Waals surface area contributed by atoms with E-state index in [0.29, 0.717) is 32.4 Å². The van der Waals surface area contributed by atoms with Gasteiger partial charge < -0.3 is 25.2 Å². The standard InChI is InChI=1S/C35H41N5O5/c1-20(2)34(37-31(41)23-16-25-24-11-7-12-26-30(24)22(18-36-26)17-27(25)38(3)19-23)33(43)40-28(15-21-9-5-4-6-10-21)32(42)39-14-8-13-29(39)35(40,44)45-34/h4-7,9-12,18,20,23,25,27-29,36,44H,8,13-17,19H2,1-3H3,(H,37,41)/t23-,25-,27-,28-,29+,34+,35-/m0/s1. The van der Waals surface area contributed by atoms with Gasteiger partial charge in [0.2, 0.25) is 17.5 Å². The number of hydrogen-bond donors (Lipinski definition) is 3. The van der Waals surface area contributed by atoms with Crippen LogP contribution in [0.4, 0.5) is 0 Å². The predicted octanol–water partition coefficient (Wildman–Crippen LogP) is 2.72. The fraction of sp³-hybridized carbons (Fsp3) is 0.514. The number of piperazine rings is 1. The summed E-state index contributed by atoms with van der Waals surface area (Å²) in [5.74, 6) is -3.80. The number of hydrogen-bond acceptors (Lipinski definition) is 6. The van der Waals surface area contributed by atoms with Crippen LogP contribution in [-0.2, 0) is 32.0 Å². The molecule has 5 aliphatic rings. The number of fused-ring (bicyclic) bond motifs is 5. The molecule has 0 spiro atoms. The van der Waals surface area contributed by atoms with Crippen molar-refractivity contribution in [3.05, 3.63) is 71.4 Å². The van der Waals surface area contributed by atoms with E-state index in [2.05, 4.69) is 46.6 Å². The molecular weight excluding hydrogens is 570 g/mol. The van der Waals surface area contributed by atoms with Crippen molar-refractivity contribution in [1.82, 2.24) is 25.0 Å². The molecular formula is C35H41N5O5. The lowest BCUT2D eigenvalue weighted by atomic mass is 9.72. The van der Waals surface area contributed by atoms with Gasteiger partial charge in [0.15, 0.2) is 0 Å². The molecule has 3 amide bonds. The fourth-order valence-electron chi connectivity index (χ4n) is 8.99. The maximum atomic E-state index is 14.6. The molecule has 3 N–H and O–H groups in total. The number of amides is 3. The van der Waals surface area contributed by atoms with Gasteiger partial charge in [0, 0.05) is 54.5 Å². The minimum atomic E-state index is -2.04. The minimum Gasteiger partial charge on any atom is -0.361 e. The van der Waals surface area contributed by atoms with Crippen molar-refractivity contribution in [3.8, 4) is 0 Å². The van der Waals surface area contributed by atoms with Crippen LogP contribution in [0.15, 0.2) is 54.7 Å². The van der Waals surface area contributed by atoms with E-state index < -0.39 is 41.5 Å². The Labute approximate surface area is 262 Å². The molecule has 5 heterocycles. The summed E-state index contributed by atoms with van der Waals surface area (Å²) in [7, 11) is 2.07. The summed E-state index contributed by atoms with van der Waals surface area (Å²) >= 11 is 0. The molecule has 1 aromatic heterocycles. The van der Waals surface area contributed by atoms with Gasteiger partial charge >= 0.3 is 0 Å². The van der Waals surface area contributed by atoms with Gasteiger partial charge in [-0.2, -0.15) is 0 Å². The second-order valence-corrected chi connectivity index (χ2v) is 14.0. The van der Waals surface area contributed by atoms with Crippen LogP contribution >= 0.6 is 0 Å². The van der Waals surface area contributed by atoms with Crippen molar-refractivity contribution in [2.24, 2.45) is 11.8 Å². The van der Waals surface area contributed by atoms with Crippen LogP contribution < -0.4 is 5.32 Å². The monoisotopic (exact) mass is 611 g/mol. The third-order valence-electron chi connectivity index (χ3n) is 11.2. The molecule has 0 unspecified atom stereocenters. The van der Waals surface area contributed by atoms with Crippen LogP contribution in [0.5, 0.6) is 0 Å². The smallest absolute Gasteiger partial charge is 0.281 e. The number of likely N-dealkylation sites (tertiary alicyclic amines) is 1. The molecule has 3 aromatic rings. The Kier molecular flexibility index (Phi) is 6.47. The Bertz CT molecular complexity index is 1690. The molecule has 45 heavy (non-hydrogen) atoms. The molecule has 4 fully saturated rings. The van der Waals surface area contributed by atoms with Gasteiger partial charge in [-0.1, -0.05) is 56.3 Å². The van der Waals surface area contributed by atoms with Crippen LogP contribution in [0.2, 0.25) is 0 Å². The first-order chi connectivity index (χ1) is 21.6. The van der Waals surface area contributed by atoms with Crippen LogP contribution in [0.1, 0.15) is 55.7 Å². The molecule has 7 atom stereocenters. The van der Waals surface area contributed by atoms with Crippen molar-refractivity contribution in [1.29, 1.82) is 0 Å². The number of piperidine rings is 1. The first-order valence-electron chi connectivity index (χ1n) is 16.3. The summed E-state index contributed by atoms with van der Waals surface area (Å²) in [6.07, 6.45) is 5.12. The van der Waals surface area contributed by atoms with E-state index in [1.54, 1.807) is 4.90 Å². The third-order valence-corrected chi connectivity index (χ3v) is 11.2. The van der Waals surface area contributed by atoms with Crippen LogP contribution in [0, 0.1) is 11.8 Å². The quantitative estimate of drug-likeness (QED) is 0.409. The Morgan fingerprint density at radius 2 is 1.96 bits per heavy atom. The number of carbonyl (C=O) groups excluding carboxylic acids is 3. The summed E-state index contributed by atoms with van der Waals surface area (Å²) in [5, 5.41) is 16.6. The van der Waals surface area contributed by atoms with Crippen LogP contribution in [-0.4, -0.2) is 92.4 Å². The molecule has 1 aliphatic carbocycles. The molecule has 4 saturated heterocycles. The summed E-state index contributed by atoms with van der Waals surface area (Å²) < 4.78 is 6.51. The van der Waals surface area contributed by atoms with E-state index >= 15 is 0 Å². The zero-order valence-electron chi connectivity index (χ0n) is 26.0. The summed E-state index contributed by atoms with van der Waals surface area (Å²) in [4.78, 5) is 51.4. The number of nitrogens with one attached hydrogen (secondary N) is 2. The zero-order chi connectivity index (χ0) is 31.2. The van der Waals surface area contributed by atoms with Crippen molar-refractivity contribution >= 4 is 28.6 Å². The zero-order valence-corrected chi connectivity index (χ0v) is 26.0. The molecule has 10 heteroatoms. The maximum absolute atomic E-state index is 14.6. The molecule has 2 aromatic carbocycles. The van der Waals surface area contributed by atoms with E-state index in [9.17, 15) is 19.5 Å².